The number of hydrogen-bond acceptors (Lipinski definition) is 3. The Morgan fingerprint density at radius 1 is 1.13 bits per heavy atom. The third kappa shape index (κ3) is 5.17. The largest absolute Gasteiger partial charge is 0.346 e. The molecule has 1 aliphatic carbocycles. The summed E-state index contributed by atoms with van der Waals surface area (Å²) in [4.78, 5) is 40.3. The summed E-state index contributed by atoms with van der Waals surface area (Å²) in [5.41, 5.74) is 1.29. The van der Waals surface area contributed by atoms with E-state index >= 15 is 0 Å². The topological polar surface area (TPSA) is 71.4 Å². The Morgan fingerprint density at radius 2 is 1.81 bits per heavy atom. The maximum atomic E-state index is 13.1. The number of amides is 2. The smallest absolute Gasteiger partial charge is 0.292 e. The highest BCUT2D eigenvalue weighted by molar-refractivity contribution is 6.45. The summed E-state index contributed by atoms with van der Waals surface area (Å²) in [6.07, 6.45) is 4.54. The zero-order chi connectivity index (χ0) is 22.8. The lowest BCUT2D eigenvalue weighted by Crippen LogP contribution is -2.45. The third-order valence-electron chi connectivity index (χ3n) is 6.38. The van der Waals surface area contributed by atoms with Crippen LogP contribution in [-0.4, -0.2) is 46.2 Å². The molecule has 168 valence electrons. The van der Waals surface area contributed by atoms with Gasteiger partial charge in [-0.3, -0.25) is 14.4 Å². The van der Waals surface area contributed by atoms with Crippen molar-refractivity contribution in [2.24, 2.45) is 11.3 Å². The Bertz CT molecular complexity index is 972. The fourth-order valence-electron chi connectivity index (χ4n) is 5.21. The number of rotatable bonds is 7. The van der Waals surface area contributed by atoms with Crippen molar-refractivity contribution in [1.82, 2.24) is 14.8 Å². The summed E-state index contributed by atoms with van der Waals surface area (Å²) in [7, 11) is 0. The molecule has 1 fully saturated rings. The van der Waals surface area contributed by atoms with Crippen LogP contribution in [0.15, 0.2) is 30.5 Å². The molecule has 6 nitrogen and oxygen atoms in total. The normalized spacial score (nSPS) is 20.4. The van der Waals surface area contributed by atoms with Gasteiger partial charge in [0, 0.05) is 36.2 Å². The first kappa shape index (κ1) is 23.0. The molecule has 6 heteroatoms. The van der Waals surface area contributed by atoms with Gasteiger partial charge in [-0.1, -0.05) is 39.0 Å². The van der Waals surface area contributed by atoms with Crippen LogP contribution in [0.2, 0.25) is 0 Å². The van der Waals surface area contributed by atoms with Crippen molar-refractivity contribution in [2.45, 2.75) is 66.5 Å². The summed E-state index contributed by atoms with van der Waals surface area (Å²) >= 11 is 0. The van der Waals surface area contributed by atoms with E-state index in [0.717, 1.165) is 24.8 Å². The molecule has 31 heavy (non-hydrogen) atoms. The average molecular weight is 426 g/mol. The molecule has 0 spiro atoms. The van der Waals surface area contributed by atoms with Crippen molar-refractivity contribution >= 4 is 28.5 Å². The number of aromatic nitrogens is 1. The van der Waals surface area contributed by atoms with Crippen LogP contribution >= 0.6 is 0 Å². The molecule has 2 amide bonds. The second-order valence-electron chi connectivity index (χ2n) is 9.67. The zero-order valence-corrected chi connectivity index (χ0v) is 19.4. The number of fused-ring (bicyclic) bond motifs is 1. The monoisotopic (exact) mass is 425 g/mol. The van der Waals surface area contributed by atoms with E-state index in [0.29, 0.717) is 30.0 Å². The van der Waals surface area contributed by atoms with Gasteiger partial charge in [0.25, 0.3) is 11.7 Å². The predicted molar refractivity (Wildman–Crippen MR) is 123 cm³/mol. The molecular weight excluding hydrogens is 390 g/mol. The van der Waals surface area contributed by atoms with Crippen LogP contribution in [0.25, 0.3) is 10.9 Å². The summed E-state index contributed by atoms with van der Waals surface area (Å²) in [5, 5.41) is 3.68. The van der Waals surface area contributed by atoms with Crippen molar-refractivity contribution < 1.29 is 14.4 Å². The second-order valence-corrected chi connectivity index (χ2v) is 9.67. The highest BCUT2D eigenvalue weighted by atomic mass is 16.2. The van der Waals surface area contributed by atoms with Crippen LogP contribution in [0.4, 0.5) is 0 Å². The first-order valence-electron chi connectivity index (χ1n) is 11.4. The molecule has 0 radical (unpaired) electrons. The number of ketones is 1. The fraction of sp³-hybridized carbons (Fsp3) is 0.560. The van der Waals surface area contributed by atoms with Gasteiger partial charge >= 0.3 is 0 Å². The molecule has 0 aliphatic heterocycles. The van der Waals surface area contributed by atoms with E-state index in [2.05, 4.69) is 26.1 Å². The Morgan fingerprint density at radius 3 is 2.45 bits per heavy atom. The second kappa shape index (κ2) is 9.25. The van der Waals surface area contributed by atoms with E-state index in [9.17, 15) is 14.4 Å². The van der Waals surface area contributed by atoms with Gasteiger partial charge in [0.1, 0.15) is 6.54 Å². The Hall–Kier alpha value is -2.63. The number of carbonyl (C=O) groups excluding carboxylic acids is 3. The van der Waals surface area contributed by atoms with Crippen LogP contribution in [-0.2, 0) is 16.1 Å². The first-order chi connectivity index (χ1) is 14.6. The van der Waals surface area contributed by atoms with Gasteiger partial charge in [-0.15, -0.1) is 0 Å². The van der Waals surface area contributed by atoms with Crippen molar-refractivity contribution in [1.29, 1.82) is 0 Å². The van der Waals surface area contributed by atoms with E-state index in [1.807, 2.05) is 38.1 Å². The maximum absolute atomic E-state index is 13.1. The van der Waals surface area contributed by atoms with Gasteiger partial charge in [-0.25, -0.2) is 0 Å². The van der Waals surface area contributed by atoms with Crippen LogP contribution in [0.1, 0.15) is 64.2 Å². The maximum Gasteiger partial charge on any atom is 0.292 e. The van der Waals surface area contributed by atoms with Crippen LogP contribution in [0, 0.1) is 11.3 Å². The fourth-order valence-corrected chi connectivity index (χ4v) is 5.21. The highest BCUT2D eigenvalue weighted by Gasteiger charge is 2.34. The molecule has 3 rings (SSSR count). The van der Waals surface area contributed by atoms with Crippen LogP contribution in [0.3, 0.4) is 0 Å². The number of para-hydroxylation sites is 1. The van der Waals surface area contributed by atoms with Crippen molar-refractivity contribution in [3.8, 4) is 0 Å². The zero-order valence-electron chi connectivity index (χ0n) is 19.4. The third-order valence-corrected chi connectivity index (χ3v) is 6.38. The van der Waals surface area contributed by atoms with Crippen molar-refractivity contribution in [3.63, 3.8) is 0 Å². The number of hydrogen-bond donors (Lipinski definition) is 1. The number of nitrogens with one attached hydrogen (secondary N) is 1. The van der Waals surface area contributed by atoms with Gasteiger partial charge in [0.15, 0.2) is 0 Å². The summed E-state index contributed by atoms with van der Waals surface area (Å²) in [5.74, 6) is -0.598. The molecule has 2 aromatic rings. The number of Topliss-reactive ketones (excluding diaryl/α,β-unsaturated/α-hetero) is 1. The molecule has 1 heterocycles. The quantitative estimate of drug-likeness (QED) is 0.538. The molecule has 0 unspecified atom stereocenters. The number of likely N-dealkylation sites (N-methyl/N-ethyl adjacent to an activating group) is 1. The minimum absolute atomic E-state index is 0.00683. The first-order valence-corrected chi connectivity index (χ1v) is 11.4. The minimum atomic E-state index is -0.562. The standard InChI is InChI=1S/C25H35N3O3/c1-6-27(7-2)22(29)16-28-15-20(19-10-8-9-11-21(19)28)23(30)24(31)26-18-12-17(3)13-25(4,5)14-18/h8-11,15,17-18H,6-7,12-14,16H2,1-5H3,(H,26,31)/t17-,18+/m0/s1. The molecule has 1 aliphatic rings. The number of nitrogens with zero attached hydrogens (tertiary/aromatic N) is 2. The summed E-state index contributed by atoms with van der Waals surface area (Å²) in [6, 6.07) is 7.44. The molecule has 1 saturated carbocycles. The molecule has 1 aromatic carbocycles. The van der Waals surface area contributed by atoms with Crippen LogP contribution < -0.4 is 5.32 Å². The van der Waals surface area contributed by atoms with Crippen molar-refractivity contribution in [3.05, 3.63) is 36.0 Å². The Kier molecular flexibility index (Phi) is 6.87. The lowest BCUT2D eigenvalue weighted by atomic mass is 9.70. The van der Waals surface area contributed by atoms with E-state index in [4.69, 9.17) is 0 Å². The van der Waals surface area contributed by atoms with Gasteiger partial charge in [0.2, 0.25) is 5.91 Å². The van der Waals surface area contributed by atoms with E-state index in [1.54, 1.807) is 15.7 Å². The summed E-state index contributed by atoms with van der Waals surface area (Å²) < 4.78 is 1.78. The molecule has 0 saturated heterocycles. The van der Waals surface area contributed by atoms with Crippen molar-refractivity contribution in [2.75, 3.05) is 13.1 Å². The number of carbonyl (C=O) groups is 3. The number of benzene rings is 1. The van der Waals surface area contributed by atoms with E-state index in [1.165, 1.54) is 0 Å². The molecule has 1 aromatic heterocycles. The average Bonchev–Trinajstić information content (AvgIpc) is 3.05. The van der Waals surface area contributed by atoms with Gasteiger partial charge in [-0.05, 0) is 50.5 Å². The SMILES string of the molecule is CCN(CC)C(=O)Cn1cc(C(=O)C(=O)N[C@@H]2C[C@H](C)CC(C)(C)C2)c2ccccc21. The lowest BCUT2D eigenvalue weighted by molar-refractivity contribution is -0.131. The van der Waals surface area contributed by atoms with Gasteiger partial charge in [0.05, 0.1) is 5.56 Å². The van der Waals surface area contributed by atoms with E-state index in [-0.39, 0.29) is 23.9 Å². The Balaban J connectivity index is 1.82. The highest BCUT2D eigenvalue weighted by Crippen LogP contribution is 2.38. The predicted octanol–water partition coefficient (Wildman–Crippen LogP) is 4.02. The molecule has 1 N–H and O–H groups in total. The molecule has 0 bridgehead atoms. The summed E-state index contributed by atoms with van der Waals surface area (Å²) in [6.45, 7) is 11.9. The minimum Gasteiger partial charge on any atom is -0.346 e. The molecular formula is C25H35N3O3. The van der Waals surface area contributed by atoms with Crippen LogP contribution in [0.5, 0.6) is 0 Å². The van der Waals surface area contributed by atoms with E-state index < -0.39 is 11.7 Å². The Labute approximate surface area is 185 Å². The lowest BCUT2D eigenvalue weighted by Gasteiger charge is -2.39. The van der Waals surface area contributed by atoms with Gasteiger partial charge < -0.3 is 14.8 Å². The van der Waals surface area contributed by atoms with Gasteiger partial charge in [-0.2, -0.15) is 0 Å². The molecule has 2 atom stereocenters.